The Bertz CT molecular complexity index is 576. The van der Waals surface area contributed by atoms with Crippen molar-refractivity contribution < 1.29 is 4.74 Å². The predicted molar refractivity (Wildman–Crippen MR) is 78.2 cm³/mol. The Morgan fingerprint density at radius 1 is 1.21 bits per heavy atom. The monoisotopic (exact) mass is 273 g/mol. The zero-order chi connectivity index (χ0) is 13.8. The first kappa shape index (κ1) is 13.4. The molecule has 0 unspecified atom stereocenters. The maximum atomic E-state index is 5.78. The number of thiocarbonyl (C=S) groups is 1. The zero-order valence-electron chi connectivity index (χ0n) is 10.9. The highest BCUT2D eigenvalue weighted by Gasteiger charge is 2.08. The highest BCUT2D eigenvalue weighted by molar-refractivity contribution is 7.80. The Morgan fingerprint density at radius 2 is 1.79 bits per heavy atom. The number of aromatic nitrogens is 2. The Hall–Kier alpha value is -2.01. The number of rotatable bonds is 4. The van der Waals surface area contributed by atoms with E-state index in [0.717, 1.165) is 22.4 Å². The second-order valence-electron chi connectivity index (χ2n) is 4.26. The van der Waals surface area contributed by atoms with Crippen LogP contribution in [0, 0.1) is 13.8 Å². The standard InChI is InChI=1S/C14H15N3OS/c1-9-6-11(14(15)19)7-10(2)13(9)18-8-12-16-4-3-5-17-12/h3-7H,8H2,1-2H3,(H2,15,19). The van der Waals surface area contributed by atoms with Crippen LogP contribution in [0.1, 0.15) is 22.5 Å². The summed E-state index contributed by atoms with van der Waals surface area (Å²) < 4.78 is 5.78. The minimum absolute atomic E-state index is 0.342. The molecule has 0 bridgehead atoms. The van der Waals surface area contributed by atoms with Crippen molar-refractivity contribution in [2.24, 2.45) is 5.73 Å². The van der Waals surface area contributed by atoms with E-state index in [1.165, 1.54) is 0 Å². The lowest BCUT2D eigenvalue weighted by Gasteiger charge is -2.13. The molecule has 0 aliphatic carbocycles. The van der Waals surface area contributed by atoms with Gasteiger partial charge >= 0.3 is 0 Å². The Balaban J connectivity index is 2.19. The van der Waals surface area contributed by atoms with Crippen molar-refractivity contribution in [3.05, 3.63) is 53.1 Å². The SMILES string of the molecule is Cc1cc(C(N)=S)cc(C)c1OCc1ncccn1. The number of ether oxygens (including phenoxy) is 1. The summed E-state index contributed by atoms with van der Waals surface area (Å²) in [5, 5.41) is 0. The largest absolute Gasteiger partial charge is 0.485 e. The molecule has 0 saturated heterocycles. The van der Waals surface area contributed by atoms with Gasteiger partial charge in [0.25, 0.3) is 0 Å². The van der Waals surface area contributed by atoms with Crippen LogP contribution in [-0.2, 0) is 6.61 Å². The molecule has 1 aromatic heterocycles. The highest BCUT2D eigenvalue weighted by atomic mass is 32.1. The maximum absolute atomic E-state index is 5.78. The fourth-order valence-electron chi connectivity index (χ4n) is 1.86. The molecule has 0 spiro atoms. The number of nitrogens with zero attached hydrogens (tertiary/aromatic N) is 2. The lowest BCUT2D eigenvalue weighted by atomic mass is 10.1. The topological polar surface area (TPSA) is 61.0 Å². The molecule has 0 atom stereocenters. The summed E-state index contributed by atoms with van der Waals surface area (Å²) in [4.78, 5) is 8.64. The van der Waals surface area contributed by atoms with Gasteiger partial charge in [-0.3, -0.25) is 0 Å². The van der Waals surface area contributed by atoms with E-state index in [1.54, 1.807) is 18.5 Å². The van der Waals surface area contributed by atoms with Gasteiger partial charge in [-0.1, -0.05) is 12.2 Å². The van der Waals surface area contributed by atoms with Crippen LogP contribution in [-0.4, -0.2) is 15.0 Å². The molecule has 19 heavy (non-hydrogen) atoms. The maximum Gasteiger partial charge on any atom is 0.166 e. The molecule has 4 nitrogen and oxygen atoms in total. The normalized spacial score (nSPS) is 10.2. The first-order valence-electron chi connectivity index (χ1n) is 5.87. The molecule has 0 aliphatic heterocycles. The highest BCUT2D eigenvalue weighted by Crippen LogP contribution is 2.25. The molecular formula is C14H15N3OS. The fraction of sp³-hybridized carbons (Fsp3) is 0.214. The molecule has 0 aliphatic rings. The van der Waals surface area contributed by atoms with Gasteiger partial charge in [-0.15, -0.1) is 0 Å². The van der Waals surface area contributed by atoms with Gasteiger partial charge in [0, 0.05) is 18.0 Å². The first-order chi connectivity index (χ1) is 9.08. The van der Waals surface area contributed by atoms with E-state index in [1.807, 2.05) is 26.0 Å². The Morgan fingerprint density at radius 3 is 2.32 bits per heavy atom. The summed E-state index contributed by atoms with van der Waals surface area (Å²) in [6.45, 7) is 4.28. The van der Waals surface area contributed by atoms with Crippen LogP contribution in [0.3, 0.4) is 0 Å². The number of benzene rings is 1. The fourth-order valence-corrected chi connectivity index (χ4v) is 1.98. The average Bonchev–Trinajstić information content (AvgIpc) is 2.38. The van der Waals surface area contributed by atoms with E-state index >= 15 is 0 Å². The van der Waals surface area contributed by atoms with Crippen molar-refractivity contribution in [3.63, 3.8) is 0 Å². The molecule has 0 fully saturated rings. The molecule has 2 rings (SSSR count). The molecule has 1 heterocycles. The predicted octanol–water partition coefficient (Wildman–Crippen LogP) is 2.31. The third kappa shape index (κ3) is 3.26. The lowest BCUT2D eigenvalue weighted by molar-refractivity contribution is 0.292. The minimum atomic E-state index is 0.342. The second kappa shape index (κ2) is 5.75. The molecule has 2 N–H and O–H groups in total. The number of hydrogen-bond acceptors (Lipinski definition) is 4. The Kier molecular flexibility index (Phi) is 4.06. The molecule has 0 radical (unpaired) electrons. The van der Waals surface area contributed by atoms with Crippen LogP contribution in [0.2, 0.25) is 0 Å². The van der Waals surface area contributed by atoms with Crippen molar-refractivity contribution in [1.29, 1.82) is 0 Å². The van der Waals surface area contributed by atoms with E-state index in [9.17, 15) is 0 Å². The van der Waals surface area contributed by atoms with E-state index in [4.69, 9.17) is 22.7 Å². The van der Waals surface area contributed by atoms with E-state index < -0.39 is 0 Å². The third-order valence-electron chi connectivity index (χ3n) is 2.71. The van der Waals surface area contributed by atoms with Gasteiger partial charge in [-0.2, -0.15) is 0 Å². The Labute approximate surface area is 117 Å². The van der Waals surface area contributed by atoms with E-state index in [2.05, 4.69) is 9.97 Å². The molecule has 0 amide bonds. The van der Waals surface area contributed by atoms with Crippen molar-refractivity contribution in [3.8, 4) is 5.75 Å². The van der Waals surface area contributed by atoms with Gasteiger partial charge in [-0.05, 0) is 43.2 Å². The van der Waals surface area contributed by atoms with Crippen molar-refractivity contribution in [1.82, 2.24) is 9.97 Å². The third-order valence-corrected chi connectivity index (χ3v) is 2.95. The van der Waals surface area contributed by atoms with E-state index in [0.29, 0.717) is 17.4 Å². The van der Waals surface area contributed by atoms with Gasteiger partial charge in [0.05, 0.1) is 0 Å². The van der Waals surface area contributed by atoms with Crippen LogP contribution in [0.25, 0.3) is 0 Å². The molecule has 98 valence electrons. The summed E-state index contributed by atoms with van der Waals surface area (Å²) in [6.07, 6.45) is 3.39. The van der Waals surface area contributed by atoms with Crippen LogP contribution in [0.4, 0.5) is 0 Å². The average molecular weight is 273 g/mol. The minimum Gasteiger partial charge on any atom is -0.485 e. The number of aryl methyl sites for hydroxylation is 2. The molecule has 1 aromatic carbocycles. The summed E-state index contributed by atoms with van der Waals surface area (Å²) in [7, 11) is 0. The van der Waals surface area contributed by atoms with Gasteiger partial charge in [0.2, 0.25) is 0 Å². The summed E-state index contributed by atoms with van der Waals surface area (Å²) >= 11 is 4.98. The quantitative estimate of drug-likeness (QED) is 0.866. The van der Waals surface area contributed by atoms with Crippen LogP contribution in [0.5, 0.6) is 5.75 Å². The molecule has 5 heteroatoms. The van der Waals surface area contributed by atoms with Crippen LogP contribution in [0.15, 0.2) is 30.6 Å². The summed E-state index contributed by atoms with van der Waals surface area (Å²) in [5.41, 5.74) is 8.49. The zero-order valence-corrected chi connectivity index (χ0v) is 11.7. The lowest BCUT2D eigenvalue weighted by Crippen LogP contribution is -2.11. The van der Waals surface area contributed by atoms with Crippen molar-refractivity contribution >= 4 is 17.2 Å². The van der Waals surface area contributed by atoms with Crippen LogP contribution < -0.4 is 10.5 Å². The van der Waals surface area contributed by atoms with Gasteiger partial charge < -0.3 is 10.5 Å². The second-order valence-corrected chi connectivity index (χ2v) is 4.70. The first-order valence-corrected chi connectivity index (χ1v) is 6.28. The van der Waals surface area contributed by atoms with Crippen molar-refractivity contribution in [2.75, 3.05) is 0 Å². The number of nitrogens with two attached hydrogens (primary N) is 1. The van der Waals surface area contributed by atoms with E-state index in [-0.39, 0.29) is 0 Å². The summed E-state index contributed by atoms with van der Waals surface area (Å²) in [5.74, 6) is 1.48. The summed E-state index contributed by atoms with van der Waals surface area (Å²) in [6, 6.07) is 5.63. The molecule has 0 saturated carbocycles. The van der Waals surface area contributed by atoms with Crippen molar-refractivity contribution in [2.45, 2.75) is 20.5 Å². The van der Waals surface area contributed by atoms with Gasteiger partial charge in [0.1, 0.15) is 17.3 Å². The molecule has 2 aromatic rings. The molecular weight excluding hydrogens is 258 g/mol. The smallest absolute Gasteiger partial charge is 0.166 e. The van der Waals surface area contributed by atoms with Crippen LogP contribution >= 0.6 is 12.2 Å². The van der Waals surface area contributed by atoms with Gasteiger partial charge in [-0.25, -0.2) is 9.97 Å². The van der Waals surface area contributed by atoms with Gasteiger partial charge in [0.15, 0.2) is 5.82 Å². The number of hydrogen-bond donors (Lipinski definition) is 1.